The summed E-state index contributed by atoms with van der Waals surface area (Å²) in [6.45, 7) is 0.944. The van der Waals surface area contributed by atoms with E-state index in [0.29, 0.717) is 22.8 Å². The molecule has 28 heavy (non-hydrogen) atoms. The van der Waals surface area contributed by atoms with Crippen LogP contribution >= 0.6 is 11.8 Å². The van der Waals surface area contributed by atoms with Gasteiger partial charge in [-0.05, 0) is 5.56 Å². The molecule has 2 amide bonds. The summed E-state index contributed by atoms with van der Waals surface area (Å²) in [7, 11) is 0. The lowest BCUT2D eigenvalue weighted by Gasteiger charge is -2.24. The number of carbonyl (C=O) groups excluding carboxylic acids is 2. The van der Waals surface area contributed by atoms with Crippen molar-refractivity contribution in [2.24, 2.45) is 0 Å². The number of benzene rings is 1. The lowest BCUT2D eigenvalue weighted by molar-refractivity contribution is 0.0907. The van der Waals surface area contributed by atoms with Crippen molar-refractivity contribution in [3.8, 4) is 11.8 Å². The van der Waals surface area contributed by atoms with Gasteiger partial charge in [0, 0.05) is 36.7 Å². The van der Waals surface area contributed by atoms with Crippen LogP contribution in [-0.4, -0.2) is 62.7 Å². The first-order valence-corrected chi connectivity index (χ1v) is 9.80. The second-order valence-corrected chi connectivity index (χ2v) is 7.28. The molecule has 9 nitrogen and oxygen atoms in total. The van der Waals surface area contributed by atoms with E-state index in [1.165, 1.54) is 12.1 Å². The summed E-state index contributed by atoms with van der Waals surface area (Å²) in [5, 5.41) is 21.7. The van der Waals surface area contributed by atoms with Crippen molar-refractivity contribution >= 4 is 23.9 Å². The first-order chi connectivity index (χ1) is 13.5. The molecule has 2 heterocycles. The van der Waals surface area contributed by atoms with E-state index < -0.39 is 23.9 Å². The Morgan fingerprint density at radius 3 is 2.57 bits per heavy atom. The number of thioether (sulfide) groups is 1. The van der Waals surface area contributed by atoms with Crippen molar-refractivity contribution in [2.45, 2.75) is 12.6 Å². The number of carbonyl (C=O) groups is 2. The molecule has 150 valence electrons. The zero-order chi connectivity index (χ0) is 19.9. The van der Waals surface area contributed by atoms with E-state index in [9.17, 15) is 19.8 Å². The molecule has 0 saturated carbocycles. The van der Waals surface area contributed by atoms with Crippen molar-refractivity contribution in [1.82, 2.24) is 14.9 Å². The Morgan fingerprint density at radius 1 is 1.14 bits per heavy atom. The smallest absolute Gasteiger partial charge is 0.432 e. The third-order valence-corrected chi connectivity index (χ3v) is 5.13. The number of nitrogens with zero attached hydrogens (tertiary/aromatic N) is 2. The normalized spacial score (nSPS) is 16.9. The Morgan fingerprint density at radius 2 is 1.86 bits per heavy atom. The van der Waals surface area contributed by atoms with Gasteiger partial charge < -0.3 is 30.0 Å². The number of aromatic hydroxyl groups is 2. The van der Waals surface area contributed by atoms with Crippen LogP contribution in [0.15, 0.2) is 42.5 Å². The van der Waals surface area contributed by atoms with Gasteiger partial charge in [0.05, 0.1) is 6.04 Å². The van der Waals surface area contributed by atoms with E-state index in [4.69, 9.17) is 9.57 Å². The minimum atomic E-state index is -0.855. The molecule has 1 fully saturated rings. The summed E-state index contributed by atoms with van der Waals surface area (Å²) in [4.78, 5) is 30.9. The highest BCUT2D eigenvalue weighted by molar-refractivity contribution is 7.99. The van der Waals surface area contributed by atoms with Gasteiger partial charge in [-0.2, -0.15) is 11.8 Å². The highest BCUT2D eigenvalue weighted by Crippen LogP contribution is 2.19. The molecule has 0 bridgehead atoms. The van der Waals surface area contributed by atoms with Crippen LogP contribution in [0.1, 0.15) is 5.56 Å². The molecule has 0 aliphatic carbocycles. The molecule has 1 aromatic carbocycles. The van der Waals surface area contributed by atoms with Gasteiger partial charge in [0.25, 0.3) is 0 Å². The molecule has 10 heteroatoms. The van der Waals surface area contributed by atoms with E-state index in [1.807, 2.05) is 30.3 Å². The van der Waals surface area contributed by atoms with E-state index in [1.54, 1.807) is 16.7 Å². The van der Waals surface area contributed by atoms with Gasteiger partial charge in [-0.3, -0.25) is 0 Å². The highest BCUT2D eigenvalue weighted by Gasteiger charge is 2.25. The minimum Gasteiger partial charge on any atom is -0.492 e. The predicted octanol–water partition coefficient (Wildman–Crippen LogP) is 1.79. The van der Waals surface area contributed by atoms with Gasteiger partial charge in [-0.25, -0.2) is 9.59 Å². The molecule has 1 saturated heterocycles. The number of rotatable bonds is 4. The highest BCUT2D eigenvalue weighted by atomic mass is 32.2. The van der Waals surface area contributed by atoms with Crippen LogP contribution in [0.4, 0.5) is 9.59 Å². The van der Waals surface area contributed by atoms with Gasteiger partial charge in [0.15, 0.2) is 0 Å². The lowest BCUT2D eigenvalue weighted by Crippen LogP contribution is -2.48. The average molecular weight is 407 g/mol. The van der Waals surface area contributed by atoms with Gasteiger partial charge in [0.1, 0.15) is 6.61 Å². The molecule has 2 aromatic rings. The lowest BCUT2D eigenvalue weighted by atomic mass is 10.2. The standard InChI is InChI=1S/C18H21N3O6S/c22-15-6-7-16(23)21(15)27-17(24)19-14-10-20(8-9-28-12-14)18(25)26-11-13-4-2-1-3-5-13/h1-7,14,22-23H,8-12H2,(H,19,24)/t14-/m1/s1. The number of hydrogen-bond acceptors (Lipinski definition) is 7. The topological polar surface area (TPSA) is 113 Å². The second kappa shape index (κ2) is 9.27. The van der Waals surface area contributed by atoms with Crippen LogP contribution in [0.25, 0.3) is 0 Å². The van der Waals surface area contributed by atoms with Crippen LogP contribution in [0.5, 0.6) is 11.8 Å². The Labute approximate surface area is 165 Å². The van der Waals surface area contributed by atoms with Crippen molar-refractivity contribution in [3.63, 3.8) is 0 Å². The molecule has 3 rings (SSSR count). The fourth-order valence-corrected chi connectivity index (χ4v) is 3.63. The van der Waals surface area contributed by atoms with Gasteiger partial charge in [-0.15, -0.1) is 4.73 Å². The first-order valence-electron chi connectivity index (χ1n) is 8.65. The Kier molecular flexibility index (Phi) is 6.53. The molecule has 1 atom stereocenters. The van der Waals surface area contributed by atoms with E-state index in [2.05, 4.69) is 5.32 Å². The maximum Gasteiger partial charge on any atom is 0.432 e. The third-order valence-electron chi connectivity index (χ3n) is 4.02. The van der Waals surface area contributed by atoms with E-state index in [-0.39, 0.29) is 19.2 Å². The average Bonchev–Trinajstić information content (AvgIpc) is 2.88. The van der Waals surface area contributed by atoms with Crippen molar-refractivity contribution in [2.75, 3.05) is 24.6 Å². The Hall–Kier alpha value is -3.01. The molecule has 1 aliphatic rings. The van der Waals surface area contributed by atoms with Crippen LogP contribution < -0.4 is 10.2 Å². The fraction of sp³-hybridized carbons (Fsp3) is 0.333. The first kappa shape index (κ1) is 19.7. The summed E-state index contributed by atoms with van der Waals surface area (Å²) in [5.41, 5.74) is 0.893. The fourth-order valence-electron chi connectivity index (χ4n) is 2.65. The molecule has 0 unspecified atom stereocenters. The molecule has 0 radical (unpaired) electrons. The largest absolute Gasteiger partial charge is 0.492 e. The SMILES string of the molecule is O=C(N[C@H]1CSCCN(C(=O)OCc2ccccc2)C1)On1c(O)ccc1O. The zero-order valence-electron chi connectivity index (χ0n) is 15.0. The molecular formula is C18H21N3O6S. The van der Waals surface area contributed by atoms with E-state index >= 15 is 0 Å². The van der Waals surface area contributed by atoms with Crippen molar-refractivity contribution < 1.29 is 29.4 Å². The summed E-state index contributed by atoms with van der Waals surface area (Å²) >= 11 is 1.59. The van der Waals surface area contributed by atoms with Gasteiger partial charge in [0.2, 0.25) is 11.8 Å². The number of ether oxygens (including phenoxy) is 1. The summed E-state index contributed by atoms with van der Waals surface area (Å²) in [6.07, 6.45) is -1.31. The van der Waals surface area contributed by atoms with Crippen LogP contribution in [0.2, 0.25) is 0 Å². The third kappa shape index (κ3) is 5.26. The second-order valence-electron chi connectivity index (χ2n) is 6.13. The number of nitrogens with one attached hydrogen (secondary N) is 1. The quantitative estimate of drug-likeness (QED) is 0.708. The number of amides is 2. The molecule has 1 aliphatic heterocycles. The number of aromatic nitrogens is 1. The summed E-state index contributed by atoms with van der Waals surface area (Å²) in [6, 6.07) is 11.4. The van der Waals surface area contributed by atoms with Gasteiger partial charge >= 0.3 is 12.2 Å². The Bertz CT molecular complexity index is 793. The monoisotopic (exact) mass is 407 g/mol. The minimum absolute atomic E-state index is 0.176. The molecule has 3 N–H and O–H groups in total. The Balaban J connectivity index is 1.52. The van der Waals surface area contributed by atoms with Crippen LogP contribution in [-0.2, 0) is 11.3 Å². The van der Waals surface area contributed by atoms with Gasteiger partial charge in [-0.1, -0.05) is 30.3 Å². The molecular weight excluding hydrogens is 386 g/mol. The number of hydrogen-bond donors (Lipinski definition) is 3. The van der Waals surface area contributed by atoms with Crippen LogP contribution in [0, 0.1) is 0 Å². The summed E-state index contributed by atoms with van der Waals surface area (Å²) < 4.78 is 5.96. The van der Waals surface area contributed by atoms with E-state index in [0.717, 1.165) is 5.56 Å². The van der Waals surface area contributed by atoms with Crippen molar-refractivity contribution in [1.29, 1.82) is 0 Å². The predicted molar refractivity (Wildman–Crippen MR) is 102 cm³/mol. The maximum absolute atomic E-state index is 12.4. The van der Waals surface area contributed by atoms with Crippen LogP contribution in [0.3, 0.4) is 0 Å². The maximum atomic E-state index is 12.4. The summed E-state index contributed by atoms with van der Waals surface area (Å²) in [5.74, 6) is 0.483. The molecule has 1 aromatic heterocycles. The zero-order valence-corrected chi connectivity index (χ0v) is 15.8. The van der Waals surface area contributed by atoms with Crippen molar-refractivity contribution in [3.05, 3.63) is 48.0 Å². The molecule has 0 spiro atoms.